The predicted molar refractivity (Wildman–Crippen MR) is 93.7 cm³/mol. The number of rotatable bonds is 6. The molecular formula is C17H22N8O. The van der Waals surface area contributed by atoms with Crippen molar-refractivity contribution in [2.75, 3.05) is 7.05 Å². The van der Waals surface area contributed by atoms with Crippen molar-refractivity contribution in [1.82, 2.24) is 34.8 Å². The Balaban J connectivity index is 1.39. The SMILES string of the molecule is CN(Cc1nc(-c2cccnc2)no1)Cc1nnc(C2CC(N)C2)n1C. The van der Waals surface area contributed by atoms with Crippen LogP contribution in [-0.2, 0) is 20.1 Å². The zero-order valence-corrected chi connectivity index (χ0v) is 14.9. The zero-order valence-electron chi connectivity index (χ0n) is 14.9. The number of aromatic nitrogens is 6. The fourth-order valence-electron chi connectivity index (χ4n) is 3.20. The zero-order chi connectivity index (χ0) is 18.1. The molecule has 1 aliphatic carbocycles. The Morgan fingerprint density at radius 3 is 2.88 bits per heavy atom. The van der Waals surface area contributed by atoms with Crippen molar-refractivity contribution in [3.05, 3.63) is 42.1 Å². The van der Waals surface area contributed by atoms with Crippen LogP contribution in [-0.4, -0.2) is 47.9 Å². The summed E-state index contributed by atoms with van der Waals surface area (Å²) in [6.07, 6.45) is 5.40. The molecule has 0 atom stereocenters. The summed E-state index contributed by atoms with van der Waals surface area (Å²) in [6, 6.07) is 4.05. The largest absolute Gasteiger partial charge is 0.338 e. The highest BCUT2D eigenvalue weighted by molar-refractivity contribution is 5.51. The quantitative estimate of drug-likeness (QED) is 0.700. The van der Waals surface area contributed by atoms with Crippen LogP contribution < -0.4 is 5.73 Å². The van der Waals surface area contributed by atoms with Gasteiger partial charge in [0.2, 0.25) is 11.7 Å². The van der Waals surface area contributed by atoms with E-state index in [1.165, 1.54) is 0 Å². The first kappa shape index (κ1) is 16.8. The first-order valence-corrected chi connectivity index (χ1v) is 8.65. The fourth-order valence-corrected chi connectivity index (χ4v) is 3.20. The summed E-state index contributed by atoms with van der Waals surface area (Å²) in [4.78, 5) is 10.6. The summed E-state index contributed by atoms with van der Waals surface area (Å²) in [6.45, 7) is 1.18. The monoisotopic (exact) mass is 354 g/mol. The molecule has 0 aromatic carbocycles. The van der Waals surface area contributed by atoms with Crippen molar-refractivity contribution in [1.29, 1.82) is 0 Å². The molecule has 136 valence electrons. The Bertz CT molecular complexity index is 868. The number of hydrogen-bond acceptors (Lipinski definition) is 8. The maximum atomic E-state index is 5.88. The smallest absolute Gasteiger partial charge is 0.241 e. The van der Waals surface area contributed by atoms with E-state index in [4.69, 9.17) is 10.3 Å². The Morgan fingerprint density at radius 1 is 1.31 bits per heavy atom. The lowest BCUT2D eigenvalue weighted by Gasteiger charge is -2.31. The van der Waals surface area contributed by atoms with Gasteiger partial charge in [0.1, 0.15) is 11.6 Å². The Hall–Kier alpha value is -2.65. The Labute approximate surface area is 151 Å². The average Bonchev–Trinajstić information content (AvgIpc) is 3.21. The van der Waals surface area contributed by atoms with E-state index in [1.807, 2.05) is 26.2 Å². The van der Waals surface area contributed by atoms with Gasteiger partial charge in [-0.2, -0.15) is 4.98 Å². The molecule has 0 saturated heterocycles. The minimum atomic E-state index is 0.300. The third-order valence-electron chi connectivity index (χ3n) is 4.74. The normalized spacial score (nSPS) is 19.7. The highest BCUT2D eigenvalue weighted by Crippen LogP contribution is 2.34. The van der Waals surface area contributed by atoms with Gasteiger partial charge in [-0.15, -0.1) is 10.2 Å². The number of pyridine rings is 1. The van der Waals surface area contributed by atoms with Gasteiger partial charge in [0.25, 0.3) is 0 Å². The van der Waals surface area contributed by atoms with Crippen molar-refractivity contribution in [3.63, 3.8) is 0 Å². The molecule has 26 heavy (non-hydrogen) atoms. The lowest BCUT2D eigenvalue weighted by atomic mass is 9.80. The first-order chi connectivity index (χ1) is 12.6. The van der Waals surface area contributed by atoms with Crippen LogP contribution in [0.4, 0.5) is 0 Å². The van der Waals surface area contributed by atoms with E-state index in [2.05, 4.69) is 34.8 Å². The van der Waals surface area contributed by atoms with Crippen LogP contribution in [0.15, 0.2) is 29.0 Å². The summed E-state index contributed by atoms with van der Waals surface area (Å²) < 4.78 is 7.42. The van der Waals surface area contributed by atoms with Crippen molar-refractivity contribution in [2.24, 2.45) is 12.8 Å². The van der Waals surface area contributed by atoms with E-state index in [9.17, 15) is 0 Å². The van der Waals surface area contributed by atoms with Crippen LogP contribution in [0.2, 0.25) is 0 Å². The molecule has 0 unspecified atom stereocenters. The maximum Gasteiger partial charge on any atom is 0.241 e. The van der Waals surface area contributed by atoms with E-state index < -0.39 is 0 Å². The van der Waals surface area contributed by atoms with Gasteiger partial charge in [-0.25, -0.2) is 0 Å². The molecule has 3 aromatic heterocycles. The van der Waals surface area contributed by atoms with Crippen LogP contribution in [0.25, 0.3) is 11.4 Å². The van der Waals surface area contributed by atoms with Crippen LogP contribution in [0, 0.1) is 0 Å². The van der Waals surface area contributed by atoms with Gasteiger partial charge in [-0.1, -0.05) is 5.16 Å². The van der Waals surface area contributed by atoms with Gasteiger partial charge in [0.05, 0.1) is 13.1 Å². The van der Waals surface area contributed by atoms with Crippen LogP contribution in [0.1, 0.15) is 36.3 Å². The molecule has 9 heteroatoms. The van der Waals surface area contributed by atoms with Gasteiger partial charge in [0, 0.05) is 37.0 Å². The van der Waals surface area contributed by atoms with Crippen molar-refractivity contribution >= 4 is 0 Å². The molecule has 0 spiro atoms. The molecule has 4 rings (SSSR count). The minimum Gasteiger partial charge on any atom is -0.338 e. The second-order valence-electron chi connectivity index (χ2n) is 6.89. The van der Waals surface area contributed by atoms with E-state index in [-0.39, 0.29) is 0 Å². The lowest BCUT2D eigenvalue weighted by Crippen LogP contribution is -2.36. The Morgan fingerprint density at radius 2 is 2.15 bits per heavy atom. The number of hydrogen-bond donors (Lipinski definition) is 1. The minimum absolute atomic E-state index is 0.300. The third-order valence-corrected chi connectivity index (χ3v) is 4.74. The van der Waals surface area contributed by atoms with Gasteiger partial charge in [-0.05, 0) is 32.0 Å². The van der Waals surface area contributed by atoms with Crippen LogP contribution in [0.3, 0.4) is 0 Å². The van der Waals surface area contributed by atoms with Crippen LogP contribution >= 0.6 is 0 Å². The molecule has 0 bridgehead atoms. The second kappa shape index (κ2) is 6.93. The Kier molecular flexibility index (Phi) is 4.48. The molecule has 0 amide bonds. The highest BCUT2D eigenvalue weighted by atomic mass is 16.5. The van der Waals surface area contributed by atoms with Gasteiger partial charge >= 0.3 is 0 Å². The van der Waals surface area contributed by atoms with Crippen molar-refractivity contribution in [3.8, 4) is 11.4 Å². The van der Waals surface area contributed by atoms with Gasteiger partial charge in [-0.3, -0.25) is 9.88 Å². The van der Waals surface area contributed by atoms with Crippen molar-refractivity contribution < 1.29 is 4.52 Å². The summed E-state index contributed by atoms with van der Waals surface area (Å²) >= 11 is 0. The van der Waals surface area contributed by atoms with E-state index in [0.717, 1.165) is 30.1 Å². The molecule has 0 radical (unpaired) electrons. The molecule has 1 fully saturated rings. The summed E-state index contributed by atoms with van der Waals surface area (Å²) in [5, 5.41) is 12.7. The highest BCUT2D eigenvalue weighted by Gasteiger charge is 2.31. The van der Waals surface area contributed by atoms with Gasteiger partial charge < -0.3 is 14.8 Å². The molecule has 2 N–H and O–H groups in total. The topological polar surface area (TPSA) is 112 Å². The third kappa shape index (κ3) is 3.35. The molecule has 3 heterocycles. The summed E-state index contributed by atoms with van der Waals surface area (Å²) in [5.74, 6) is 3.46. The van der Waals surface area contributed by atoms with Crippen molar-refractivity contribution in [2.45, 2.75) is 37.9 Å². The fraction of sp³-hybridized carbons (Fsp3) is 0.471. The van der Waals surface area contributed by atoms with Gasteiger partial charge in [0.15, 0.2) is 0 Å². The van der Waals surface area contributed by atoms with E-state index in [1.54, 1.807) is 12.4 Å². The maximum absolute atomic E-state index is 5.88. The molecule has 3 aromatic rings. The molecule has 0 aliphatic heterocycles. The molecule has 9 nitrogen and oxygen atoms in total. The van der Waals surface area contributed by atoms with E-state index in [0.29, 0.717) is 36.8 Å². The van der Waals surface area contributed by atoms with E-state index >= 15 is 0 Å². The summed E-state index contributed by atoms with van der Waals surface area (Å²) in [5.41, 5.74) is 6.72. The molecule has 1 aliphatic rings. The predicted octanol–water partition coefficient (Wildman–Crippen LogP) is 1.10. The lowest BCUT2D eigenvalue weighted by molar-refractivity contribution is 0.253. The number of nitrogens with zero attached hydrogens (tertiary/aromatic N) is 7. The summed E-state index contributed by atoms with van der Waals surface area (Å²) in [7, 11) is 4.00. The average molecular weight is 354 g/mol. The second-order valence-corrected chi connectivity index (χ2v) is 6.89. The number of nitrogens with two attached hydrogens (primary N) is 1. The van der Waals surface area contributed by atoms with Crippen LogP contribution in [0.5, 0.6) is 0 Å². The first-order valence-electron chi connectivity index (χ1n) is 8.65. The molecule has 1 saturated carbocycles. The standard InChI is InChI=1S/C17H22N8O/c1-24(9-14-21-22-17(25(14)2)12-6-13(18)7-12)10-15-20-16(23-26-15)11-4-3-5-19-8-11/h3-5,8,12-13H,6-7,9-10,18H2,1-2H3. The molecular weight excluding hydrogens is 332 g/mol.